The highest BCUT2D eigenvalue weighted by Gasteiger charge is 2.22. The van der Waals surface area contributed by atoms with Gasteiger partial charge in [0, 0.05) is 31.0 Å². The van der Waals surface area contributed by atoms with Gasteiger partial charge >= 0.3 is 0 Å². The van der Waals surface area contributed by atoms with Crippen LogP contribution >= 0.6 is 0 Å². The van der Waals surface area contributed by atoms with Gasteiger partial charge in [-0.1, -0.05) is 0 Å². The van der Waals surface area contributed by atoms with E-state index in [1.165, 1.54) is 31.5 Å². The van der Waals surface area contributed by atoms with Gasteiger partial charge in [-0.2, -0.15) is 4.39 Å². The molecule has 13 heavy (non-hydrogen) atoms. The van der Waals surface area contributed by atoms with Crippen LogP contribution in [0.1, 0.15) is 19.3 Å². The summed E-state index contributed by atoms with van der Waals surface area (Å²) in [7, 11) is 2.01. The zero-order valence-corrected chi connectivity index (χ0v) is 7.70. The predicted molar refractivity (Wildman–Crippen MR) is 50.2 cm³/mol. The summed E-state index contributed by atoms with van der Waals surface area (Å²) in [6.07, 6.45) is 5.25. The first-order valence-corrected chi connectivity index (χ1v) is 4.62. The van der Waals surface area contributed by atoms with Crippen molar-refractivity contribution in [1.29, 1.82) is 0 Å². The molecule has 0 aromatic carbocycles. The molecule has 1 aliphatic carbocycles. The van der Waals surface area contributed by atoms with Gasteiger partial charge in [0.25, 0.3) is 0 Å². The number of nitrogens with zero attached hydrogens (tertiary/aromatic N) is 2. The van der Waals surface area contributed by atoms with Crippen LogP contribution in [0.2, 0.25) is 0 Å². The van der Waals surface area contributed by atoms with Crippen LogP contribution in [0.5, 0.6) is 0 Å². The molecular weight excluding hydrogens is 167 g/mol. The van der Waals surface area contributed by atoms with Crippen molar-refractivity contribution in [2.75, 3.05) is 11.9 Å². The predicted octanol–water partition coefficient (Wildman–Crippen LogP) is 2.21. The summed E-state index contributed by atoms with van der Waals surface area (Å²) in [5, 5.41) is 0. The average molecular weight is 180 g/mol. The van der Waals surface area contributed by atoms with Crippen molar-refractivity contribution in [3.8, 4) is 0 Å². The maximum absolute atomic E-state index is 12.8. The quantitative estimate of drug-likeness (QED) is 0.649. The number of anilines is 1. The smallest absolute Gasteiger partial charge is 0.214 e. The largest absolute Gasteiger partial charge is 0.371 e. The molecule has 1 saturated carbocycles. The lowest BCUT2D eigenvalue weighted by atomic mass is 9.91. The minimum absolute atomic E-state index is 0.399. The molecule has 1 heterocycles. The van der Waals surface area contributed by atoms with Crippen molar-refractivity contribution in [2.24, 2.45) is 0 Å². The summed E-state index contributed by atoms with van der Waals surface area (Å²) in [5.41, 5.74) is 0.928. The van der Waals surface area contributed by atoms with Crippen LogP contribution in [0.4, 0.5) is 10.1 Å². The van der Waals surface area contributed by atoms with E-state index in [-0.39, 0.29) is 0 Å². The van der Waals surface area contributed by atoms with Gasteiger partial charge in [-0.25, -0.2) is 4.98 Å². The third-order valence-corrected chi connectivity index (χ3v) is 2.74. The Labute approximate surface area is 77.4 Å². The fourth-order valence-electron chi connectivity index (χ4n) is 1.60. The minimum atomic E-state index is -0.399. The van der Waals surface area contributed by atoms with E-state index in [2.05, 4.69) is 9.88 Å². The molecule has 1 fully saturated rings. The maximum Gasteiger partial charge on any atom is 0.214 e. The second kappa shape index (κ2) is 3.32. The minimum Gasteiger partial charge on any atom is -0.371 e. The lowest BCUT2D eigenvalue weighted by Crippen LogP contribution is -2.37. The molecule has 70 valence electrons. The Morgan fingerprint density at radius 3 is 2.85 bits per heavy atom. The Morgan fingerprint density at radius 2 is 2.31 bits per heavy atom. The van der Waals surface area contributed by atoms with Gasteiger partial charge in [0.05, 0.1) is 0 Å². The van der Waals surface area contributed by atoms with Crippen LogP contribution in [-0.2, 0) is 0 Å². The topological polar surface area (TPSA) is 16.1 Å². The number of aromatic nitrogens is 1. The van der Waals surface area contributed by atoms with Crippen molar-refractivity contribution in [3.63, 3.8) is 0 Å². The standard InChI is InChI=1S/C10H13FN2/c1-13(8-3-2-4-8)9-5-6-12-10(11)7-9/h5-8H,2-4H2,1H3. The van der Waals surface area contributed by atoms with Crippen LogP contribution in [0.3, 0.4) is 0 Å². The Balaban J connectivity index is 2.14. The first-order valence-electron chi connectivity index (χ1n) is 4.62. The molecule has 0 spiro atoms. The molecule has 1 aromatic rings. The normalized spacial score (nSPS) is 16.8. The molecular formula is C10H13FN2. The number of hydrogen-bond acceptors (Lipinski definition) is 2. The van der Waals surface area contributed by atoms with E-state index in [0.717, 1.165) is 5.69 Å². The SMILES string of the molecule is CN(c1ccnc(F)c1)C1CCC1. The molecule has 0 unspecified atom stereocenters. The van der Waals surface area contributed by atoms with E-state index in [0.29, 0.717) is 6.04 Å². The second-order valence-electron chi connectivity index (χ2n) is 3.53. The highest BCUT2D eigenvalue weighted by molar-refractivity contribution is 5.45. The molecule has 2 rings (SSSR count). The number of rotatable bonds is 2. The van der Waals surface area contributed by atoms with E-state index in [1.807, 2.05) is 13.1 Å². The molecule has 0 amide bonds. The third kappa shape index (κ3) is 1.64. The van der Waals surface area contributed by atoms with Crippen molar-refractivity contribution in [1.82, 2.24) is 4.98 Å². The van der Waals surface area contributed by atoms with Gasteiger partial charge in [0.2, 0.25) is 5.95 Å². The Bertz CT molecular complexity index is 297. The van der Waals surface area contributed by atoms with E-state index in [1.54, 1.807) is 0 Å². The van der Waals surface area contributed by atoms with Crippen LogP contribution in [0.25, 0.3) is 0 Å². The van der Waals surface area contributed by atoms with Crippen LogP contribution < -0.4 is 4.90 Å². The van der Waals surface area contributed by atoms with Gasteiger partial charge in [0.1, 0.15) is 0 Å². The summed E-state index contributed by atoms with van der Waals surface area (Å²) >= 11 is 0. The molecule has 0 aliphatic heterocycles. The van der Waals surface area contributed by atoms with Gasteiger partial charge in [-0.15, -0.1) is 0 Å². The van der Waals surface area contributed by atoms with Gasteiger partial charge in [-0.3, -0.25) is 0 Å². The van der Waals surface area contributed by atoms with E-state index < -0.39 is 5.95 Å². The van der Waals surface area contributed by atoms with Crippen molar-refractivity contribution >= 4 is 5.69 Å². The number of hydrogen-bond donors (Lipinski definition) is 0. The van der Waals surface area contributed by atoms with E-state index in [9.17, 15) is 4.39 Å². The summed E-state index contributed by atoms with van der Waals surface area (Å²) in [6.45, 7) is 0. The zero-order valence-electron chi connectivity index (χ0n) is 7.70. The summed E-state index contributed by atoms with van der Waals surface area (Å²) in [6, 6.07) is 3.93. The Hall–Kier alpha value is -1.12. The molecule has 0 N–H and O–H groups in total. The molecule has 2 nitrogen and oxygen atoms in total. The lowest BCUT2D eigenvalue weighted by molar-refractivity contribution is 0.400. The zero-order chi connectivity index (χ0) is 9.26. The van der Waals surface area contributed by atoms with Gasteiger partial charge in [0.15, 0.2) is 0 Å². The highest BCUT2D eigenvalue weighted by atomic mass is 19.1. The molecule has 0 atom stereocenters. The molecule has 0 saturated heterocycles. The van der Waals surface area contributed by atoms with Crippen LogP contribution in [0.15, 0.2) is 18.3 Å². The molecule has 0 bridgehead atoms. The summed E-state index contributed by atoms with van der Waals surface area (Å²) in [5.74, 6) is -0.399. The lowest BCUT2D eigenvalue weighted by Gasteiger charge is -2.36. The summed E-state index contributed by atoms with van der Waals surface area (Å²) < 4.78 is 12.8. The Kier molecular flexibility index (Phi) is 2.17. The van der Waals surface area contributed by atoms with E-state index in [4.69, 9.17) is 0 Å². The van der Waals surface area contributed by atoms with E-state index >= 15 is 0 Å². The fraction of sp³-hybridized carbons (Fsp3) is 0.500. The third-order valence-electron chi connectivity index (χ3n) is 2.74. The monoisotopic (exact) mass is 180 g/mol. The Morgan fingerprint density at radius 1 is 1.54 bits per heavy atom. The number of pyridine rings is 1. The van der Waals surface area contributed by atoms with Gasteiger partial charge < -0.3 is 4.90 Å². The van der Waals surface area contributed by atoms with Gasteiger partial charge in [-0.05, 0) is 25.3 Å². The van der Waals surface area contributed by atoms with Crippen LogP contribution in [0, 0.1) is 5.95 Å². The van der Waals surface area contributed by atoms with Crippen molar-refractivity contribution in [3.05, 3.63) is 24.3 Å². The first kappa shape index (κ1) is 8.48. The van der Waals surface area contributed by atoms with Crippen molar-refractivity contribution < 1.29 is 4.39 Å². The fourth-order valence-corrected chi connectivity index (χ4v) is 1.60. The highest BCUT2D eigenvalue weighted by Crippen LogP contribution is 2.27. The molecule has 1 aromatic heterocycles. The van der Waals surface area contributed by atoms with Crippen LogP contribution in [-0.4, -0.2) is 18.1 Å². The molecule has 3 heteroatoms. The maximum atomic E-state index is 12.8. The molecule has 0 radical (unpaired) electrons. The summed E-state index contributed by atoms with van der Waals surface area (Å²) in [4.78, 5) is 5.67. The van der Waals surface area contributed by atoms with Crippen molar-refractivity contribution in [2.45, 2.75) is 25.3 Å². The molecule has 1 aliphatic rings. The first-order chi connectivity index (χ1) is 6.27. The second-order valence-corrected chi connectivity index (χ2v) is 3.53. The average Bonchev–Trinajstić information content (AvgIpc) is 2.01. The number of halogens is 1.